The third-order valence-electron chi connectivity index (χ3n) is 4.46. The van der Waals surface area contributed by atoms with Crippen molar-refractivity contribution in [2.24, 2.45) is 0 Å². The van der Waals surface area contributed by atoms with Crippen molar-refractivity contribution in [2.45, 2.75) is 25.7 Å². The first-order chi connectivity index (χ1) is 13.8. The Hall–Kier alpha value is -3.21. The van der Waals surface area contributed by atoms with E-state index < -0.39 is 22.3 Å². The van der Waals surface area contributed by atoms with Gasteiger partial charge in [0.2, 0.25) is 5.75 Å². The quantitative estimate of drug-likeness (QED) is 0.292. The van der Waals surface area contributed by atoms with Gasteiger partial charge >= 0.3 is 5.69 Å². The summed E-state index contributed by atoms with van der Waals surface area (Å²) in [6, 6.07) is 6.34. The number of thiophene rings is 1. The Kier molecular flexibility index (Phi) is 5.97. The first kappa shape index (κ1) is 20.5. The van der Waals surface area contributed by atoms with E-state index in [-0.39, 0.29) is 11.1 Å². The number of aryl methyl sites for hydroxylation is 1. The highest BCUT2D eigenvalue weighted by atomic mass is 79.9. The highest BCUT2D eigenvalue weighted by molar-refractivity contribution is 9.10. The lowest BCUT2D eigenvalue weighted by Crippen LogP contribution is -2.13. The second kappa shape index (κ2) is 8.43. The Morgan fingerprint density at radius 2 is 2.07 bits per heavy atom. The smallest absolute Gasteiger partial charge is 0.312 e. The number of nitrogens with zero attached hydrogens (tertiary/aromatic N) is 3. The fourth-order valence-electron chi connectivity index (χ4n) is 3.10. The maximum Gasteiger partial charge on any atom is 0.312 e. The van der Waals surface area contributed by atoms with Crippen molar-refractivity contribution in [1.82, 2.24) is 0 Å². The number of carbonyl (C=O) groups excluding carboxylic acids is 1. The minimum atomic E-state index is -0.765. The van der Waals surface area contributed by atoms with Crippen LogP contribution in [0.15, 0.2) is 22.2 Å². The zero-order valence-electron chi connectivity index (χ0n) is 14.9. The average Bonchev–Trinajstić information content (AvgIpc) is 3.04. The average molecular weight is 473 g/mol. The van der Waals surface area contributed by atoms with Gasteiger partial charge in [-0.25, -0.2) is 0 Å². The molecule has 0 saturated heterocycles. The second-order valence-electron chi connectivity index (χ2n) is 6.27. The molecule has 1 amide bonds. The molecule has 146 valence electrons. The third-order valence-corrected chi connectivity index (χ3v) is 6.12. The van der Waals surface area contributed by atoms with Crippen LogP contribution >= 0.6 is 27.3 Å². The van der Waals surface area contributed by atoms with Gasteiger partial charge in [0.15, 0.2) is 0 Å². The predicted molar refractivity (Wildman–Crippen MR) is 110 cm³/mol. The molecule has 29 heavy (non-hydrogen) atoms. The number of benzene rings is 1. The van der Waals surface area contributed by atoms with E-state index in [1.165, 1.54) is 17.4 Å². The third kappa shape index (κ3) is 4.14. The minimum Gasteiger partial charge on any atom is -0.502 e. The Labute approximate surface area is 178 Å². The number of anilines is 1. The molecule has 8 nitrogen and oxygen atoms in total. The van der Waals surface area contributed by atoms with E-state index in [0.717, 1.165) is 48.3 Å². The molecule has 1 aliphatic rings. The van der Waals surface area contributed by atoms with Crippen molar-refractivity contribution in [3.63, 3.8) is 0 Å². The van der Waals surface area contributed by atoms with Crippen LogP contribution in [0.2, 0.25) is 0 Å². The summed E-state index contributed by atoms with van der Waals surface area (Å²) in [4.78, 5) is 24.0. The van der Waals surface area contributed by atoms with Crippen molar-refractivity contribution in [3.8, 4) is 17.9 Å². The van der Waals surface area contributed by atoms with Crippen LogP contribution in [0.5, 0.6) is 5.75 Å². The van der Waals surface area contributed by atoms with E-state index in [1.807, 2.05) is 0 Å². The molecule has 1 aliphatic carbocycles. The molecule has 3 rings (SSSR count). The summed E-state index contributed by atoms with van der Waals surface area (Å²) in [5, 5.41) is 43.0. The van der Waals surface area contributed by atoms with Gasteiger partial charge in [0.25, 0.3) is 5.91 Å². The number of rotatable bonds is 4. The van der Waals surface area contributed by atoms with Gasteiger partial charge in [0, 0.05) is 21.0 Å². The number of hydrogen-bond donors (Lipinski definition) is 2. The number of nitriles is 2. The number of aromatic hydroxyl groups is 1. The molecular formula is C19H13BrN4O4S. The van der Waals surface area contributed by atoms with Crippen LogP contribution in [-0.2, 0) is 17.6 Å². The summed E-state index contributed by atoms with van der Waals surface area (Å²) < 4.78 is 0.309. The van der Waals surface area contributed by atoms with Gasteiger partial charge in [0.1, 0.15) is 22.7 Å². The standard InChI is InChI=1S/C19H13BrN4O4S/c20-12-6-10(17(25)15(7-12)24(27)28)5-11(8-21)18(26)23-19-14(9-22)13-3-1-2-4-16(13)29-19/h5-7,25H,1-4H2,(H,23,26)/b11-5+. The number of nitro groups is 1. The Morgan fingerprint density at radius 1 is 1.34 bits per heavy atom. The SMILES string of the molecule is N#C/C(=C\c1cc(Br)cc([N+](=O)[O-])c1O)C(=O)Nc1sc2c(c1C#N)CCCC2. The molecule has 2 aromatic rings. The van der Waals surface area contributed by atoms with E-state index in [4.69, 9.17) is 0 Å². The van der Waals surface area contributed by atoms with Crippen LogP contribution in [0.3, 0.4) is 0 Å². The van der Waals surface area contributed by atoms with E-state index in [9.17, 15) is 30.5 Å². The second-order valence-corrected chi connectivity index (χ2v) is 8.29. The zero-order chi connectivity index (χ0) is 21.1. The van der Waals surface area contributed by atoms with E-state index in [2.05, 4.69) is 27.3 Å². The van der Waals surface area contributed by atoms with Crippen molar-refractivity contribution < 1.29 is 14.8 Å². The number of phenols is 1. The molecule has 2 N–H and O–H groups in total. The summed E-state index contributed by atoms with van der Waals surface area (Å²) in [7, 11) is 0. The van der Waals surface area contributed by atoms with Crippen LogP contribution in [0.25, 0.3) is 6.08 Å². The molecule has 10 heteroatoms. The molecule has 1 aromatic carbocycles. The normalized spacial score (nSPS) is 13.1. The summed E-state index contributed by atoms with van der Waals surface area (Å²) in [6.07, 6.45) is 4.70. The monoisotopic (exact) mass is 472 g/mol. The molecule has 0 unspecified atom stereocenters. The maximum absolute atomic E-state index is 12.6. The maximum atomic E-state index is 12.6. The molecule has 0 fully saturated rings. The van der Waals surface area contributed by atoms with Crippen LogP contribution in [0.4, 0.5) is 10.7 Å². The van der Waals surface area contributed by atoms with E-state index in [0.29, 0.717) is 15.0 Å². The van der Waals surface area contributed by atoms with Crippen molar-refractivity contribution in [3.05, 3.63) is 53.9 Å². The van der Waals surface area contributed by atoms with Crippen molar-refractivity contribution in [1.29, 1.82) is 10.5 Å². The van der Waals surface area contributed by atoms with E-state index >= 15 is 0 Å². The van der Waals surface area contributed by atoms with Gasteiger partial charge in [-0.15, -0.1) is 11.3 Å². The molecule has 0 spiro atoms. The summed E-state index contributed by atoms with van der Waals surface area (Å²) in [6.45, 7) is 0. The number of carbonyl (C=O) groups is 1. The number of amides is 1. The highest BCUT2D eigenvalue weighted by Crippen LogP contribution is 2.38. The van der Waals surface area contributed by atoms with Gasteiger partial charge < -0.3 is 10.4 Å². The zero-order valence-corrected chi connectivity index (χ0v) is 17.3. The largest absolute Gasteiger partial charge is 0.502 e. The Balaban J connectivity index is 1.95. The molecule has 0 atom stereocenters. The van der Waals surface area contributed by atoms with Gasteiger partial charge in [-0.1, -0.05) is 15.9 Å². The molecule has 1 aromatic heterocycles. The number of nitro benzene ring substituents is 1. The van der Waals surface area contributed by atoms with Crippen LogP contribution in [0, 0.1) is 32.8 Å². The van der Waals surface area contributed by atoms with Gasteiger partial charge in [-0.2, -0.15) is 10.5 Å². The number of fused-ring (bicyclic) bond motifs is 1. The van der Waals surface area contributed by atoms with Gasteiger partial charge in [-0.3, -0.25) is 14.9 Å². The lowest BCUT2D eigenvalue weighted by atomic mass is 9.96. The Morgan fingerprint density at radius 3 is 2.72 bits per heavy atom. The fourth-order valence-corrected chi connectivity index (χ4v) is 4.80. The molecule has 0 aliphatic heterocycles. The van der Waals surface area contributed by atoms with Crippen molar-refractivity contribution in [2.75, 3.05) is 5.32 Å². The number of hydrogen-bond acceptors (Lipinski definition) is 7. The molecule has 0 bridgehead atoms. The number of nitrogens with one attached hydrogen (secondary N) is 1. The van der Waals surface area contributed by atoms with Gasteiger partial charge in [-0.05, 0) is 43.4 Å². The predicted octanol–water partition coefficient (Wildman–Crippen LogP) is 4.42. The molecule has 1 heterocycles. The summed E-state index contributed by atoms with van der Waals surface area (Å²) >= 11 is 4.43. The first-order valence-corrected chi connectivity index (χ1v) is 10.1. The lowest BCUT2D eigenvalue weighted by Gasteiger charge is -2.09. The van der Waals surface area contributed by atoms with Gasteiger partial charge in [0.05, 0.1) is 10.5 Å². The molecule has 0 radical (unpaired) electrons. The van der Waals surface area contributed by atoms with Crippen LogP contribution < -0.4 is 5.32 Å². The number of halogens is 1. The Bertz CT molecular complexity index is 1140. The van der Waals surface area contributed by atoms with Crippen LogP contribution in [-0.4, -0.2) is 15.9 Å². The lowest BCUT2D eigenvalue weighted by molar-refractivity contribution is -0.385. The van der Waals surface area contributed by atoms with Crippen LogP contribution in [0.1, 0.15) is 34.4 Å². The first-order valence-electron chi connectivity index (χ1n) is 8.50. The summed E-state index contributed by atoms with van der Waals surface area (Å²) in [5.41, 5.74) is 0.394. The minimum absolute atomic E-state index is 0.0521. The number of phenolic OH excluding ortho intramolecular Hbond substituents is 1. The molecular weight excluding hydrogens is 460 g/mol. The topological polar surface area (TPSA) is 140 Å². The summed E-state index contributed by atoms with van der Waals surface area (Å²) in [5.74, 6) is -1.41. The fraction of sp³-hybridized carbons (Fsp3) is 0.211. The highest BCUT2D eigenvalue weighted by Gasteiger charge is 2.23. The van der Waals surface area contributed by atoms with E-state index in [1.54, 1.807) is 6.07 Å². The molecule has 0 saturated carbocycles. The van der Waals surface area contributed by atoms with Crippen molar-refractivity contribution >= 4 is 49.9 Å².